The summed E-state index contributed by atoms with van der Waals surface area (Å²) < 4.78 is 0. The number of thioether (sulfide) groups is 1. The molecule has 0 bridgehead atoms. The summed E-state index contributed by atoms with van der Waals surface area (Å²) in [5.41, 5.74) is 7.65. The van der Waals surface area contributed by atoms with Gasteiger partial charge in [0.1, 0.15) is 0 Å². The molecule has 1 aromatic rings. The molecule has 1 aromatic carbocycles. The Kier molecular flexibility index (Phi) is 4.91. The molecule has 0 aliphatic carbocycles. The van der Waals surface area contributed by atoms with Crippen molar-refractivity contribution in [2.75, 3.05) is 11.5 Å². The molecule has 0 atom stereocenters. The first-order valence-corrected chi connectivity index (χ1v) is 6.24. The number of nitro benzene ring substituents is 1. The van der Waals surface area contributed by atoms with Gasteiger partial charge in [0.15, 0.2) is 5.12 Å². The molecular formula is C12H14N2O3S. The Hall–Kier alpha value is -1.82. The van der Waals surface area contributed by atoms with Crippen LogP contribution in [-0.4, -0.2) is 15.8 Å². The van der Waals surface area contributed by atoms with Crippen molar-refractivity contribution in [2.24, 2.45) is 0 Å². The third kappa shape index (κ3) is 3.89. The predicted octanol–water partition coefficient (Wildman–Crippen LogP) is 2.78. The zero-order chi connectivity index (χ0) is 13.7. The van der Waals surface area contributed by atoms with E-state index in [-0.39, 0.29) is 10.8 Å². The van der Waals surface area contributed by atoms with Gasteiger partial charge in [-0.1, -0.05) is 23.9 Å². The Balaban J connectivity index is 2.94. The number of nitro groups is 1. The first-order chi connectivity index (χ1) is 8.41. The van der Waals surface area contributed by atoms with E-state index in [4.69, 9.17) is 5.73 Å². The largest absolute Gasteiger partial charge is 0.398 e. The van der Waals surface area contributed by atoms with Gasteiger partial charge in [-0.25, -0.2) is 0 Å². The van der Waals surface area contributed by atoms with Crippen molar-refractivity contribution in [1.29, 1.82) is 0 Å². The number of nitrogens with two attached hydrogens (primary N) is 1. The molecule has 5 nitrogen and oxygen atoms in total. The van der Waals surface area contributed by atoms with Gasteiger partial charge in [0.2, 0.25) is 0 Å². The fourth-order valence-corrected chi connectivity index (χ4v) is 1.82. The van der Waals surface area contributed by atoms with Crippen LogP contribution in [0.4, 0.5) is 11.4 Å². The molecule has 0 aliphatic heterocycles. The lowest BCUT2D eigenvalue weighted by molar-refractivity contribution is -0.384. The summed E-state index contributed by atoms with van der Waals surface area (Å²) >= 11 is 1.17. The lowest BCUT2D eigenvalue weighted by Crippen LogP contribution is -1.97. The molecule has 1 rings (SSSR count). The molecular weight excluding hydrogens is 252 g/mol. The topological polar surface area (TPSA) is 86.2 Å². The number of anilines is 1. The van der Waals surface area contributed by atoms with Gasteiger partial charge in [-0.3, -0.25) is 14.9 Å². The summed E-state index contributed by atoms with van der Waals surface area (Å²) in [6, 6.07) is 2.87. The van der Waals surface area contributed by atoms with Crippen LogP contribution in [0, 0.1) is 17.0 Å². The molecule has 0 aromatic heterocycles. The fraction of sp³-hybridized carbons (Fsp3) is 0.250. The quantitative estimate of drug-likeness (QED) is 0.514. The molecule has 0 fully saturated rings. The molecule has 0 aliphatic rings. The number of rotatable bonds is 4. The van der Waals surface area contributed by atoms with Crippen molar-refractivity contribution in [3.05, 3.63) is 39.4 Å². The molecule has 2 N–H and O–H groups in total. The van der Waals surface area contributed by atoms with E-state index in [1.807, 2.05) is 0 Å². The molecule has 0 unspecified atom stereocenters. The normalized spacial score (nSPS) is 10.8. The number of nitrogens with zero attached hydrogens (tertiary/aromatic N) is 1. The molecule has 0 spiro atoms. The number of aryl methyl sites for hydroxylation is 1. The zero-order valence-electron chi connectivity index (χ0n) is 10.2. The van der Waals surface area contributed by atoms with Crippen molar-refractivity contribution in [3.8, 4) is 0 Å². The van der Waals surface area contributed by atoms with Gasteiger partial charge in [-0.2, -0.15) is 0 Å². The Morgan fingerprint density at radius 2 is 2.22 bits per heavy atom. The van der Waals surface area contributed by atoms with Crippen LogP contribution in [0.15, 0.2) is 18.2 Å². The maximum Gasteiger partial charge on any atom is 0.270 e. The van der Waals surface area contributed by atoms with Gasteiger partial charge in [-0.15, -0.1) is 0 Å². The minimum atomic E-state index is -0.450. The fourth-order valence-electron chi connectivity index (χ4n) is 1.39. The van der Waals surface area contributed by atoms with E-state index in [2.05, 4.69) is 0 Å². The van der Waals surface area contributed by atoms with E-state index in [1.165, 1.54) is 30.8 Å². The van der Waals surface area contributed by atoms with E-state index < -0.39 is 4.92 Å². The molecule has 18 heavy (non-hydrogen) atoms. The second-order valence-corrected chi connectivity index (χ2v) is 4.92. The number of carbonyl (C=O) groups is 1. The van der Waals surface area contributed by atoms with Gasteiger partial charge in [0, 0.05) is 36.1 Å². The maximum atomic E-state index is 10.7. The van der Waals surface area contributed by atoms with E-state index in [9.17, 15) is 14.9 Å². The molecule has 0 amide bonds. The predicted molar refractivity (Wildman–Crippen MR) is 74.4 cm³/mol. The van der Waals surface area contributed by atoms with Crippen LogP contribution in [-0.2, 0) is 4.79 Å². The number of non-ortho nitro benzene ring substituents is 1. The Labute approximate surface area is 109 Å². The van der Waals surface area contributed by atoms with Crippen molar-refractivity contribution in [2.45, 2.75) is 13.8 Å². The van der Waals surface area contributed by atoms with Gasteiger partial charge in [-0.05, 0) is 12.5 Å². The lowest BCUT2D eigenvalue weighted by Gasteiger charge is -2.04. The number of hydrogen-bond donors (Lipinski definition) is 1. The van der Waals surface area contributed by atoms with E-state index in [0.29, 0.717) is 22.6 Å². The standard InChI is InChI=1S/C12H14N2O3S/c1-8-6-11(14(16)17)7-10(12(8)13)4-3-5-18-9(2)15/h3-4,6-7H,5,13H2,1-2H3. The van der Waals surface area contributed by atoms with E-state index >= 15 is 0 Å². The van der Waals surface area contributed by atoms with E-state index in [0.717, 1.165) is 0 Å². The minimum Gasteiger partial charge on any atom is -0.398 e. The summed E-state index contributed by atoms with van der Waals surface area (Å²) in [5.74, 6) is 0.524. The SMILES string of the molecule is CC(=O)SCC=Cc1cc([N+](=O)[O-])cc(C)c1N. The third-order valence-corrected chi connectivity index (χ3v) is 3.06. The number of nitrogen functional groups attached to an aromatic ring is 1. The van der Waals surface area contributed by atoms with Crippen LogP contribution in [0.25, 0.3) is 6.08 Å². The van der Waals surface area contributed by atoms with Crippen LogP contribution in [0.5, 0.6) is 0 Å². The molecule has 0 saturated heterocycles. The van der Waals surface area contributed by atoms with Crippen molar-refractivity contribution in [3.63, 3.8) is 0 Å². The van der Waals surface area contributed by atoms with E-state index in [1.54, 1.807) is 19.1 Å². The smallest absolute Gasteiger partial charge is 0.270 e. The van der Waals surface area contributed by atoms with Gasteiger partial charge >= 0.3 is 0 Å². The van der Waals surface area contributed by atoms with Gasteiger partial charge < -0.3 is 5.73 Å². The number of benzene rings is 1. The highest BCUT2D eigenvalue weighted by atomic mass is 32.2. The third-order valence-electron chi connectivity index (χ3n) is 2.29. The minimum absolute atomic E-state index is 0.0144. The summed E-state index contributed by atoms with van der Waals surface area (Å²) in [5, 5.41) is 10.8. The van der Waals surface area contributed by atoms with Crippen molar-refractivity contribution >= 4 is 34.3 Å². The first-order valence-electron chi connectivity index (χ1n) is 5.26. The van der Waals surface area contributed by atoms with Crippen LogP contribution in [0.2, 0.25) is 0 Å². The molecule has 0 saturated carbocycles. The molecule has 6 heteroatoms. The van der Waals surface area contributed by atoms with Crippen molar-refractivity contribution in [1.82, 2.24) is 0 Å². The van der Waals surface area contributed by atoms with Crippen LogP contribution in [0.3, 0.4) is 0 Å². The van der Waals surface area contributed by atoms with Crippen molar-refractivity contribution < 1.29 is 9.72 Å². The Morgan fingerprint density at radius 3 is 2.78 bits per heavy atom. The molecule has 0 heterocycles. The Bertz CT molecular complexity index is 512. The van der Waals surface area contributed by atoms with Crippen LogP contribution >= 0.6 is 11.8 Å². The highest BCUT2D eigenvalue weighted by Gasteiger charge is 2.10. The summed E-state index contributed by atoms with van der Waals surface area (Å²) in [4.78, 5) is 21.0. The second kappa shape index (κ2) is 6.20. The molecule has 96 valence electrons. The number of carbonyl (C=O) groups excluding carboxylic acids is 1. The number of hydrogen-bond acceptors (Lipinski definition) is 5. The highest BCUT2D eigenvalue weighted by molar-refractivity contribution is 8.13. The summed E-state index contributed by atoms with van der Waals surface area (Å²) in [6.45, 7) is 3.22. The van der Waals surface area contributed by atoms with Gasteiger partial charge in [0.05, 0.1) is 4.92 Å². The summed E-state index contributed by atoms with van der Waals surface area (Å²) in [7, 11) is 0. The maximum absolute atomic E-state index is 10.7. The average molecular weight is 266 g/mol. The Morgan fingerprint density at radius 1 is 1.56 bits per heavy atom. The monoisotopic (exact) mass is 266 g/mol. The zero-order valence-corrected chi connectivity index (χ0v) is 11.0. The van der Waals surface area contributed by atoms with Crippen LogP contribution < -0.4 is 5.73 Å². The lowest BCUT2D eigenvalue weighted by atomic mass is 10.1. The van der Waals surface area contributed by atoms with Crippen LogP contribution in [0.1, 0.15) is 18.1 Å². The summed E-state index contributed by atoms with van der Waals surface area (Å²) in [6.07, 6.45) is 3.46. The van der Waals surface area contributed by atoms with Gasteiger partial charge in [0.25, 0.3) is 5.69 Å². The first kappa shape index (κ1) is 14.2. The molecule has 0 radical (unpaired) electrons. The average Bonchev–Trinajstić information content (AvgIpc) is 2.28. The highest BCUT2D eigenvalue weighted by Crippen LogP contribution is 2.25. The second-order valence-electron chi connectivity index (χ2n) is 3.73.